The maximum Gasteiger partial charge on any atom is 0.330 e. The minimum Gasteiger partial charge on any atom is -0.505 e. The number of aliphatic carboxylic acids is 1. The van der Waals surface area contributed by atoms with Crippen LogP contribution in [-0.4, -0.2) is 44.9 Å². The van der Waals surface area contributed by atoms with E-state index in [2.05, 4.69) is 10.2 Å². The number of hydrogen-bond donors (Lipinski definition) is 2. The summed E-state index contributed by atoms with van der Waals surface area (Å²) in [5.41, 5.74) is 2.31. The van der Waals surface area contributed by atoms with E-state index in [9.17, 15) is 9.90 Å². The van der Waals surface area contributed by atoms with Crippen molar-refractivity contribution in [2.45, 2.75) is 39.5 Å². The summed E-state index contributed by atoms with van der Waals surface area (Å²) in [6, 6.07) is 8.84. The summed E-state index contributed by atoms with van der Waals surface area (Å²) in [5.74, 6) is 0.336. The number of hydrogen-bond acceptors (Lipinski definition) is 6. The van der Waals surface area contributed by atoms with Gasteiger partial charge in [0, 0.05) is 29.7 Å². The molecule has 0 fully saturated rings. The minimum absolute atomic E-state index is 0.0775. The molecule has 2 N–H and O–H groups in total. The number of carbonyl (C=O) groups is 1. The summed E-state index contributed by atoms with van der Waals surface area (Å²) in [6.07, 6.45) is 2.06. The Bertz CT molecular complexity index is 1140. The molecular weight excluding hydrogens is 398 g/mol. The van der Waals surface area contributed by atoms with Crippen molar-refractivity contribution < 1.29 is 24.5 Å². The maximum atomic E-state index is 11.0. The van der Waals surface area contributed by atoms with Gasteiger partial charge in [0.1, 0.15) is 34.0 Å². The minimum atomic E-state index is -0.949. The van der Waals surface area contributed by atoms with Gasteiger partial charge in [-0.2, -0.15) is 0 Å². The highest BCUT2D eigenvalue weighted by Gasteiger charge is 2.24. The van der Waals surface area contributed by atoms with Crippen LogP contribution in [-0.2, 0) is 10.2 Å². The van der Waals surface area contributed by atoms with Crippen molar-refractivity contribution in [2.24, 2.45) is 0 Å². The van der Waals surface area contributed by atoms with Gasteiger partial charge >= 0.3 is 5.97 Å². The number of carboxylic acid groups (broad SMARTS) is 1. The Morgan fingerprint density at radius 2 is 1.84 bits per heavy atom. The van der Waals surface area contributed by atoms with Gasteiger partial charge in [0.05, 0.1) is 13.7 Å². The van der Waals surface area contributed by atoms with E-state index in [0.717, 1.165) is 0 Å². The average Bonchev–Trinajstić information content (AvgIpc) is 3.13. The number of fused-ring (bicyclic) bond motifs is 1. The lowest BCUT2D eigenvalue weighted by Gasteiger charge is -2.23. The Kier molecular flexibility index (Phi) is 6.19. The molecule has 31 heavy (non-hydrogen) atoms. The van der Waals surface area contributed by atoms with Gasteiger partial charge in [-0.25, -0.2) is 4.79 Å². The normalized spacial score (nSPS) is 12.2. The molecule has 8 nitrogen and oxygen atoms in total. The Hall–Kier alpha value is -3.55. The number of nitrogens with zero attached hydrogens (tertiary/aromatic N) is 3. The number of benzene rings is 2. The molecule has 1 heterocycles. The van der Waals surface area contributed by atoms with Crippen molar-refractivity contribution in [3.63, 3.8) is 0 Å². The van der Waals surface area contributed by atoms with Crippen LogP contribution in [0.25, 0.3) is 16.7 Å². The second kappa shape index (κ2) is 8.67. The standard InChI is InChI=1S/C23H27N3O5/c1-14(22(28)29)7-6-10-31-16-11-17(23(2,3)4)21(27)20(13-16)26-24-18-9-8-15(30-5)12-19(18)25-26/h7-9,11-13,27H,6,10H2,1-5H3,(H,28,29)/b14-7+. The fourth-order valence-corrected chi connectivity index (χ4v) is 3.07. The first-order chi connectivity index (χ1) is 14.6. The molecule has 8 heteroatoms. The molecule has 0 atom stereocenters. The second-order valence-corrected chi connectivity index (χ2v) is 8.26. The molecule has 3 rings (SSSR count). The summed E-state index contributed by atoms with van der Waals surface area (Å²) in [7, 11) is 1.58. The quantitative estimate of drug-likeness (QED) is 0.431. The van der Waals surface area contributed by atoms with Crippen molar-refractivity contribution >= 4 is 17.0 Å². The van der Waals surface area contributed by atoms with E-state index in [-0.39, 0.29) is 16.7 Å². The van der Waals surface area contributed by atoms with Crippen molar-refractivity contribution in [3.05, 3.63) is 47.5 Å². The molecule has 0 aliphatic carbocycles. The van der Waals surface area contributed by atoms with Gasteiger partial charge in [0.25, 0.3) is 0 Å². The predicted octanol–water partition coefficient (Wildman–Crippen LogP) is 4.23. The van der Waals surface area contributed by atoms with Crippen LogP contribution in [0.4, 0.5) is 0 Å². The van der Waals surface area contributed by atoms with E-state index in [0.29, 0.717) is 46.8 Å². The van der Waals surface area contributed by atoms with Crippen molar-refractivity contribution in [3.8, 4) is 22.9 Å². The zero-order valence-corrected chi connectivity index (χ0v) is 18.3. The van der Waals surface area contributed by atoms with Crippen LogP contribution >= 0.6 is 0 Å². The molecule has 0 saturated heterocycles. The molecule has 0 bridgehead atoms. The lowest BCUT2D eigenvalue weighted by Crippen LogP contribution is -2.14. The third kappa shape index (κ3) is 4.96. The molecule has 164 valence electrons. The predicted molar refractivity (Wildman–Crippen MR) is 117 cm³/mol. The Morgan fingerprint density at radius 1 is 1.13 bits per heavy atom. The first-order valence-electron chi connectivity index (χ1n) is 9.92. The lowest BCUT2D eigenvalue weighted by molar-refractivity contribution is -0.132. The van der Waals surface area contributed by atoms with Gasteiger partial charge in [0.15, 0.2) is 0 Å². The van der Waals surface area contributed by atoms with Crippen LogP contribution in [0.3, 0.4) is 0 Å². The zero-order chi connectivity index (χ0) is 22.8. The first kappa shape index (κ1) is 22.1. The van der Waals surface area contributed by atoms with E-state index in [1.165, 1.54) is 4.80 Å². The Morgan fingerprint density at radius 3 is 2.48 bits per heavy atom. The maximum absolute atomic E-state index is 11.0. The summed E-state index contributed by atoms with van der Waals surface area (Å²) in [6.45, 7) is 7.82. The third-order valence-corrected chi connectivity index (χ3v) is 4.85. The van der Waals surface area contributed by atoms with E-state index in [1.807, 2.05) is 20.8 Å². The molecule has 2 aromatic carbocycles. The van der Waals surface area contributed by atoms with E-state index in [1.54, 1.807) is 50.4 Å². The number of ether oxygens (including phenoxy) is 2. The van der Waals surface area contributed by atoms with Crippen LogP contribution in [0.1, 0.15) is 39.7 Å². The molecule has 0 radical (unpaired) electrons. The molecule has 0 unspecified atom stereocenters. The van der Waals surface area contributed by atoms with Crippen LogP contribution in [0, 0.1) is 0 Å². The first-order valence-corrected chi connectivity index (χ1v) is 9.92. The summed E-state index contributed by atoms with van der Waals surface area (Å²) in [5, 5.41) is 28.9. The lowest BCUT2D eigenvalue weighted by atomic mass is 9.86. The summed E-state index contributed by atoms with van der Waals surface area (Å²) < 4.78 is 11.1. The number of phenolic OH excluding ortho intramolecular Hbond substituents is 1. The highest BCUT2D eigenvalue weighted by molar-refractivity contribution is 5.85. The second-order valence-electron chi connectivity index (χ2n) is 8.26. The number of methoxy groups -OCH3 is 1. The van der Waals surface area contributed by atoms with Crippen molar-refractivity contribution in [2.75, 3.05) is 13.7 Å². The molecule has 0 aliphatic rings. The third-order valence-electron chi connectivity index (χ3n) is 4.85. The topological polar surface area (TPSA) is 107 Å². The van der Waals surface area contributed by atoms with E-state index >= 15 is 0 Å². The van der Waals surface area contributed by atoms with Gasteiger partial charge < -0.3 is 19.7 Å². The fraction of sp³-hybridized carbons (Fsp3) is 0.348. The van der Waals surface area contributed by atoms with Crippen LogP contribution in [0.2, 0.25) is 0 Å². The van der Waals surface area contributed by atoms with Crippen molar-refractivity contribution in [1.82, 2.24) is 15.0 Å². The summed E-state index contributed by atoms with van der Waals surface area (Å²) in [4.78, 5) is 12.3. The largest absolute Gasteiger partial charge is 0.505 e. The summed E-state index contributed by atoms with van der Waals surface area (Å²) >= 11 is 0. The monoisotopic (exact) mass is 425 g/mol. The van der Waals surface area contributed by atoms with E-state index in [4.69, 9.17) is 14.6 Å². The molecular formula is C23H27N3O5. The smallest absolute Gasteiger partial charge is 0.330 e. The molecule has 3 aromatic rings. The Labute approximate surface area is 180 Å². The highest BCUT2D eigenvalue weighted by Crippen LogP contribution is 2.38. The van der Waals surface area contributed by atoms with Gasteiger partial charge in [-0.05, 0) is 30.5 Å². The average molecular weight is 425 g/mol. The van der Waals surface area contributed by atoms with Crippen molar-refractivity contribution in [1.29, 1.82) is 0 Å². The number of aromatic nitrogens is 3. The van der Waals surface area contributed by atoms with Gasteiger partial charge in [0.2, 0.25) is 0 Å². The van der Waals surface area contributed by atoms with Crippen LogP contribution in [0.15, 0.2) is 42.0 Å². The van der Waals surface area contributed by atoms with Gasteiger partial charge in [-0.3, -0.25) is 0 Å². The molecule has 0 spiro atoms. The number of aromatic hydroxyl groups is 1. The Balaban J connectivity index is 1.98. The number of rotatable bonds is 7. The van der Waals surface area contributed by atoms with E-state index < -0.39 is 5.97 Å². The van der Waals surface area contributed by atoms with Gasteiger partial charge in [-0.1, -0.05) is 26.8 Å². The molecule has 0 saturated carbocycles. The molecule has 0 aliphatic heterocycles. The fourth-order valence-electron chi connectivity index (χ4n) is 3.07. The highest BCUT2D eigenvalue weighted by atomic mass is 16.5. The van der Waals surface area contributed by atoms with Crippen LogP contribution in [0.5, 0.6) is 17.2 Å². The number of phenols is 1. The number of carboxylic acids is 1. The SMILES string of the molecule is COc1ccc2nn(-c3cc(OCC/C=C(\C)C(=O)O)cc(C(C)(C)C)c3O)nc2c1. The molecule has 1 aromatic heterocycles. The van der Waals surface area contributed by atoms with Gasteiger partial charge in [-0.15, -0.1) is 15.0 Å². The zero-order valence-electron chi connectivity index (χ0n) is 18.3. The molecule has 0 amide bonds. The van der Waals surface area contributed by atoms with Crippen LogP contribution < -0.4 is 9.47 Å².